The first-order chi connectivity index (χ1) is 8.02. The third-order valence-electron chi connectivity index (χ3n) is 1.91. The van der Waals surface area contributed by atoms with E-state index in [0.717, 1.165) is 0 Å². The summed E-state index contributed by atoms with van der Waals surface area (Å²) in [5.41, 5.74) is 0. The summed E-state index contributed by atoms with van der Waals surface area (Å²) in [5, 5.41) is 18.0. The molecule has 0 bridgehead atoms. The molecule has 0 aliphatic carbocycles. The molecule has 18 heavy (non-hydrogen) atoms. The van der Waals surface area contributed by atoms with Crippen LogP contribution < -0.4 is 0 Å². The standard InChI is InChI=1S/C5H11FO10P2/c6-3-4(7)2(15-5(3)8)1-14-18(12,13)16-17(9,10)11/h2-5,7-8H,1H2,(H,12,13)(H2,9,10,11)/t2-,3-,4-,5+/m1/s1. The second-order valence-corrected chi connectivity index (χ2v) is 6.17. The van der Waals surface area contributed by atoms with Crippen molar-refractivity contribution in [3.8, 4) is 0 Å². The van der Waals surface area contributed by atoms with Crippen molar-refractivity contribution in [3.05, 3.63) is 0 Å². The number of ether oxygens (including phenoxy) is 1. The van der Waals surface area contributed by atoms with E-state index in [0.29, 0.717) is 0 Å². The summed E-state index contributed by atoms with van der Waals surface area (Å²) in [5.74, 6) is 0. The van der Waals surface area contributed by atoms with Crippen LogP contribution in [0.15, 0.2) is 0 Å². The molecule has 0 aromatic heterocycles. The largest absolute Gasteiger partial charge is 0.481 e. The third kappa shape index (κ3) is 4.63. The number of hydrogen-bond acceptors (Lipinski definition) is 7. The number of rotatable bonds is 5. The molecule has 0 radical (unpaired) electrons. The summed E-state index contributed by atoms with van der Waals surface area (Å²) in [7, 11) is -10.3. The molecule has 1 aliphatic rings. The monoisotopic (exact) mass is 312 g/mol. The summed E-state index contributed by atoms with van der Waals surface area (Å²) < 4.78 is 46.1. The minimum atomic E-state index is -5.25. The van der Waals surface area contributed by atoms with E-state index >= 15 is 0 Å². The van der Waals surface area contributed by atoms with Gasteiger partial charge in [-0.2, -0.15) is 4.31 Å². The molecule has 1 rings (SSSR count). The van der Waals surface area contributed by atoms with Crippen molar-refractivity contribution in [1.29, 1.82) is 0 Å². The summed E-state index contributed by atoms with van der Waals surface area (Å²) in [4.78, 5) is 25.4. The van der Waals surface area contributed by atoms with Crippen LogP contribution in [0.5, 0.6) is 0 Å². The Kier molecular flexibility index (Phi) is 5.01. The van der Waals surface area contributed by atoms with Gasteiger partial charge in [0.25, 0.3) is 0 Å². The van der Waals surface area contributed by atoms with Gasteiger partial charge in [-0.1, -0.05) is 0 Å². The predicted octanol–water partition coefficient (Wildman–Crippen LogP) is -1.37. The van der Waals surface area contributed by atoms with Gasteiger partial charge in [0, 0.05) is 0 Å². The van der Waals surface area contributed by atoms with Crippen LogP contribution in [-0.2, 0) is 22.7 Å². The lowest BCUT2D eigenvalue weighted by Gasteiger charge is -2.16. The molecule has 0 saturated carbocycles. The molecule has 5 N–H and O–H groups in total. The first-order valence-corrected chi connectivity index (χ1v) is 7.44. The number of phosphoric ester groups is 1. The molecule has 1 saturated heterocycles. The van der Waals surface area contributed by atoms with Crippen LogP contribution in [0, 0.1) is 0 Å². The lowest BCUT2D eigenvalue weighted by Crippen LogP contribution is -2.31. The smallest absolute Gasteiger partial charge is 0.387 e. The van der Waals surface area contributed by atoms with Crippen LogP contribution in [-0.4, -0.2) is 56.2 Å². The summed E-state index contributed by atoms with van der Waals surface area (Å²) in [6.07, 6.45) is -7.33. The van der Waals surface area contributed by atoms with Gasteiger partial charge in [0.05, 0.1) is 6.61 Å². The Hall–Kier alpha value is 0.0700. The Morgan fingerprint density at radius 3 is 2.17 bits per heavy atom. The van der Waals surface area contributed by atoms with Crippen LogP contribution in [0.1, 0.15) is 0 Å². The average Bonchev–Trinajstić information content (AvgIpc) is 2.39. The van der Waals surface area contributed by atoms with E-state index in [1.807, 2.05) is 0 Å². The predicted molar refractivity (Wildman–Crippen MR) is 50.7 cm³/mol. The van der Waals surface area contributed by atoms with E-state index in [-0.39, 0.29) is 0 Å². The molecule has 0 aromatic rings. The topological polar surface area (TPSA) is 163 Å². The number of hydrogen-bond donors (Lipinski definition) is 5. The van der Waals surface area contributed by atoms with Crippen molar-refractivity contribution < 1.29 is 52.0 Å². The number of aliphatic hydroxyl groups excluding tert-OH is 2. The van der Waals surface area contributed by atoms with Crippen molar-refractivity contribution in [2.24, 2.45) is 0 Å². The quantitative estimate of drug-likeness (QED) is 0.382. The molecule has 10 nitrogen and oxygen atoms in total. The summed E-state index contributed by atoms with van der Waals surface area (Å²) in [6, 6.07) is 0. The Morgan fingerprint density at radius 1 is 1.22 bits per heavy atom. The van der Waals surface area contributed by atoms with Gasteiger partial charge < -0.3 is 29.6 Å². The van der Waals surface area contributed by atoms with Gasteiger partial charge >= 0.3 is 15.6 Å². The van der Waals surface area contributed by atoms with Crippen molar-refractivity contribution >= 4 is 15.6 Å². The third-order valence-corrected chi connectivity index (χ3v) is 4.06. The maximum atomic E-state index is 12.9. The molecule has 1 fully saturated rings. The van der Waals surface area contributed by atoms with Gasteiger partial charge in [0.2, 0.25) is 0 Å². The minimum absolute atomic E-state index is 0.910. The SMILES string of the molecule is O=P(O)(O)OP(=O)(O)OC[C@H]1O[C@H](O)[C@H](F)[C@@H]1O. The molecule has 13 heteroatoms. The number of halogens is 1. The highest BCUT2D eigenvalue weighted by Crippen LogP contribution is 2.57. The molecule has 0 amide bonds. The van der Waals surface area contributed by atoms with E-state index in [1.165, 1.54) is 0 Å². The first-order valence-electron chi connectivity index (χ1n) is 4.42. The molecule has 0 aromatic carbocycles. The van der Waals surface area contributed by atoms with E-state index in [4.69, 9.17) is 24.9 Å². The molecule has 0 spiro atoms. The molecule has 1 unspecified atom stereocenters. The van der Waals surface area contributed by atoms with E-state index in [2.05, 4.69) is 13.6 Å². The Bertz CT molecular complexity index is 382. The Balaban J connectivity index is 2.51. The highest BCUT2D eigenvalue weighted by Gasteiger charge is 2.45. The van der Waals surface area contributed by atoms with Crippen LogP contribution in [0.3, 0.4) is 0 Å². The van der Waals surface area contributed by atoms with Gasteiger partial charge in [-0.15, -0.1) is 0 Å². The van der Waals surface area contributed by atoms with Crippen LogP contribution >= 0.6 is 15.6 Å². The number of alkyl halides is 1. The van der Waals surface area contributed by atoms with Gasteiger partial charge in [-0.05, 0) is 0 Å². The van der Waals surface area contributed by atoms with Gasteiger partial charge in [0.15, 0.2) is 12.5 Å². The zero-order valence-electron chi connectivity index (χ0n) is 8.57. The number of aliphatic hydroxyl groups is 2. The second kappa shape index (κ2) is 5.59. The highest BCUT2D eigenvalue weighted by atomic mass is 31.3. The van der Waals surface area contributed by atoms with Crippen molar-refractivity contribution in [1.82, 2.24) is 0 Å². The summed E-state index contributed by atoms with van der Waals surface area (Å²) in [6.45, 7) is -0.910. The fourth-order valence-electron chi connectivity index (χ4n) is 1.17. The van der Waals surface area contributed by atoms with Crippen LogP contribution in [0.4, 0.5) is 4.39 Å². The molecular formula is C5H11FO10P2. The first kappa shape index (κ1) is 16.1. The second-order valence-electron chi connectivity index (χ2n) is 3.34. The van der Waals surface area contributed by atoms with E-state index in [9.17, 15) is 13.5 Å². The van der Waals surface area contributed by atoms with Crippen molar-refractivity contribution in [2.75, 3.05) is 6.61 Å². The zero-order chi connectivity index (χ0) is 14.1. The molecule has 5 atom stereocenters. The zero-order valence-corrected chi connectivity index (χ0v) is 10.4. The molecule has 1 aliphatic heterocycles. The molecular weight excluding hydrogens is 301 g/mol. The van der Waals surface area contributed by atoms with Gasteiger partial charge in [-0.3, -0.25) is 4.52 Å². The lowest BCUT2D eigenvalue weighted by molar-refractivity contribution is -0.120. The Labute approximate surface area is 99.8 Å². The minimum Gasteiger partial charge on any atom is -0.387 e. The fourth-order valence-corrected chi connectivity index (χ4v) is 2.77. The van der Waals surface area contributed by atoms with Gasteiger partial charge in [-0.25, -0.2) is 13.5 Å². The number of phosphoric acid groups is 2. The lowest BCUT2D eigenvalue weighted by atomic mass is 10.2. The maximum Gasteiger partial charge on any atom is 0.481 e. The summed E-state index contributed by atoms with van der Waals surface area (Å²) >= 11 is 0. The Morgan fingerprint density at radius 2 is 1.78 bits per heavy atom. The van der Waals surface area contributed by atoms with Gasteiger partial charge in [0.1, 0.15) is 12.2 Å². The molecule has 1 heterocycles. The fraction of sp³-hybridized carbons (Fsp3) is 1.00. The van der Waals surface area contributed by atoms with E-state index in [1.54, 1.807) is 0 Å². The normalized spacial score (nSPS) is 36.6. The van der Waals surface area contributed by atoms with Crippen molar-refractivity contribution in [2.45, 2.75) is 24.7 Å². The molecule has 108 valence electrons. The van der Waals surface area contributed by atoms with Crippen LogP contribution in [0.25, 0.3) is 0 Å². The van der Waals surface area contributed by atoms with E-state index < -0.39 is 46.9 Å². The average molecular weight is 312 g/mol. The highest BCUT2D eigenvalue weighted by molar-refractivity contribution is 7.60. The maximum absolute atomic E-state index is 12.9. The van der Waals surface area contributed by atoms with Crippen molar-refractivity contribution in [3.63, 3.8) is 0 Å². The van der Waals surface area contributed by atoms with Crippen LogP contribution in [0.2, 0.25) is 0 Å².